The quantitative estimate of drug-likeness (QED) is 0.603. The topological polar surface area (TPSA) is 9.23 Å². The van der Waals surface area contributed by atoms with E-state index in [9.17, 15) is 4.39 Å². The predicted molar refractivity (Wildman–Crippen MR) is 61.9 cm³/mol. The van der Waals surface area contributed by atoms with Gasteiger partial charge < -0.3 is 4.74 Å². The molecule has 1 saturated heterocycles. The molecule has 0 N–H and O–H groups in total. The maximum absolute atomic E-state index is 13.0. The second-order valence-electron chi connectivity index (χ2n) is 4.66. The third-order valence-corrected chi connectivity index (χ3v) is 3.22. The van der Waals surface area contributed by atoms with Crippen LogP contribution >= 0.6 is 0 Å². The molecule has 1 rings (SSSR count). The molecule has 1 heterocycles. The van der Waals surface area contributed by atoms with Gasteiger partial charge in [0.2, 0.25) is 0 Å². The summed E-state index contributed by atoms with van der Waals surface area (Å²) in [6, 6.07) is 0. The van der Waals surface area contributed by atoms with Gasteiger partial charge in [0.1, 0.15) is 6.17 Å². The van der Waals surface area contributed by atoms with Gasteiger partial charge >= 0.3 is 0 Å². The summed E-state index contributed by atoms with van der Waals surface area (Å²) in [7, 11) is 0. The van der Waals surface area contributed by atoms with Crippen molar-refractivity contribution in [2.24, 2.45) is 0 Å². The van der Waals surface area contributed by atoms with Gasteiger partial charge in [-0.3, -0.25) is 0 Å². The van der Waals surface area contributed by atoms with Crippen LogP contribution < -0.4 is 0 Å². The van der Waals surface area contributed by atoms with E-state index in [1.807, 2.05) is 0 Å². The van der Waals surface area contributed by atoms with E-state index in [4.69, 9.17) is 4.74 Å². The molecular weight excluding hydrogens is 191 g/mol. The van der Waals surface area contributed by atoms with E-state index in [0.717, 1.165) is 12.8 Å². The Bertz CT molecular complexity index is 149. The zero-order valence-corrected chi connectivity index (χ0v) is 10.0. The largest absolute Gasteiger partial charge is 0.378 e. The van der Waals surface area contributed by atoms with Crippen molar-refractivity contribution in [3.63, 3.8) is 0 Å². The van der Waals surface area contributed by atoms with E-state index in [-0.39, 0.29) is 0 Å². The lowest BCUT2D eigenvalue weighted by atomic mass is 10.0. The average Bonchev–Trinajstić information content (AvgIpc) is 2.43. The van der Waals surface area contributed by atoms with Crippen LogP contribution in [0.15, 0.2) is 0 Å². The zero-order chi connectivity index (χ0) is 10.9. The normalized spacial score (nSPS) is 27.6. The minimum atomic E-state index is -0.616. The molecule has 1 aliphatic heterocycles. The first-order valence-electron chi connectivity index (χ1n) is 6.58. The monoisotopic (exact) mass is 216 g/mol. The highest BCUT2D eigenvalue weighted by Gasteiger charge is 2.17. The smallest absolute Gasteiger partial charge is 0.102 e. The van der Waals surface area contributed by atoms with E-state index in [2.05, 4.69) is 6.92 Å². The first kappa shape index (κ1) is 13.0. The second kappa shape index (κ2) is 8.09. The Kier molecular flexibility index (Phi) is 6.99. The molecule has 0 amide bonds. The molecule has 0 aromatic carbocycles. The molecule has 2 atom stereocenters. The fraction of sp³-hybridized carbons (Fsp3) is 1.00. The number of unbranched alkanes of at least 4 members (excludes halogenated alkanes) is 4. The van der Waals surface area contributed by atoms with Gasteiger partial charge in [-0.25, -0.2) is 4.39 Å². The Labute approximate surface area is 93.4 Å². The van der Waals surface area contributed by atoms with Crippen LogP contribution in [0.2, 0.25) is 0 Å². The van der Waals surface area contributed by atoms with Crippen molar-refractivity contribution in [3.8, 4) is 0 Å². The number of rotatable bonds is 6. The number of ether oxygens (including phenoxy) is 1. The van der Waals surface area contributed by atoms with Gasteiger partial charge in [-0.2, -0.15) is 0 Å². The summed E-state index contributed by atoms with van der Waals surface area (Å²) in [6.45, 7) is 2.86. The molecule has 2 heteroatoms. The number of halogens is 1. The summed E-state index contributed by atoms with van der Waals surface area (Å²) in [5, 5.41) is 0. The van der Waals surface area contributed by atoms with Crippen LogP contribution in [0.25, 0.3) is 0 Å². The van der Waals surface area contributed by atoms with E-state index < -0.39 is 6.17 Å². The summed E-state index contributed by atoms with van der Waals surface area (Å²) < 4.78 is 18.7. The lowest BCUT2D eigenvalue weighted by Gasteiger charge is -2.14. The van der Waals surface area contributed by atoms with Crippen molar-refractivity contribution in [1.82, 2.24) is 0 Å². The molecule has 1 nitrogen and oxygen atoms in total. The first-order valence-corrected chi connectivity index (χ1v) is 6.58. The summed E-state index contributed by atoms with van der Waals surface area (Å²) in [6.07, 6.45) is 9.64. The van der Waals surface area contributed by atoms with Crippen LogP contribution in [0.1, 0.15) is 64.7 Å². The third-order valence-electron chi connectivity index (χ3n) is 3.22. The van der Waals surface area contributed by atoms with Gasteiger partial charge in [0.25, 0.3) is 0 Å². The Hall–Kier alpha value is -0.110. The van der Waals surface area contributed by atoms with Crippen molar-refractivity contribution < 1.29 is 9.13 Å². The lowest BCUT2D eigenvalue weighted by molar-refractivity contribution is 0.0498. The highest BCUT2D eigenvalue weighted by atomic mass is 19.1. The van der Waals surface area contributed by atoms with Crippen LogP contribution in [0.4, 0.5) is 4.39 Å². The van der Waals surface area contributed by atoms with E-state index >= 15 is 0 Å². The molecule has 0 aliphatic carbocycles. The van der Waals surface area contributed by atoms with Gasteiger partial charge in [-0.15, -0.1) is 0 Å². The van der Waals surface area contributed by atoms with Gasteiger partial charge in [-0.05, 0) is 19.3 Å². The van der Waals surface area contributed by atoms with Crippen molar-refractivity contribution >= 4 is 0 Å². The van der Waals surface area contributed by atoms with Crippen LogP contribution in [-0.4, -0.2) is 18.9 Å². The molecule has 0 spiro atoms. The molecule has 0 saturated carbocycles. The lowest BCUT2D eigenvalue weighted by Crippen LogP contribution is -2.11. The third kappa shape index (κ3) is 6.14. The second-order valence-corrected chi connectivity index (χ2v) is 4.66. The fourth-order valence-electron chi connectivity index (χ4n) is 2.16. The molecule has 0 aromatic rings. The molecule has 0 bridgehead atoms. The molecule has 90 valence electrons. The van der Waals surface area contributed by atoms with Crippen LogP contribution in [0.3, 0.4) is 0 Å². The van der Waals surface area contributed by atoms with E-state index in [1.54, 1.807) is 0 Å². The zero-order valence-electron chi connectivity index (χ0n) is 10.0. The minimum absolute atomic E-state index is 0.340. The van der Waals surface area contributed by atoms with Crippen molar-refractivity contribution in [3.05, 3.63) is 0 Å². The Balaban J connectivity index is 2.00. The SMILES string of the molecule is CCCCCCC[C@H]1CC[C@H](F)CCO1. The van der Waals surface area contributed by atoms with Crippen molar-refractivity contribution in [2.45, 2.75) is 77.0 Å². The standard InChI is InChI=1S/C13H25FO/c1-2-3-4-5-6-7-13-9-8-12(14)10-11-15-13/h12-13H,2-11H2,1H3/t12-,13-/m0/s1. The Morgan fingerprint density at radius 2 is 1.87 bits per heavy atom. The molecule has 1 fully saturated rings. The van der Waals surface area contributed by atoms with Gasteiger partial charge in [-0.1, -0.05) is 39.0 Å². The summed E-state index contributed by atoms with van der Waals surface area (Å²) in [5.41, 5.74) is 0. The van der Waals surface area contributed by atoms with E-state index in [1.165, 1.54) is 32.1 Å². The minimum Gasteiger partial charge on any atom is -0.378 e. The van der Waals surface area contributed by atoms with Crippen LogP contribution in [0.5, 0.6) is 0 Å². The highest BCUT2D eigenvalue weighted by Crippen LogP contribution is 2.20. The van der Waals surface area contributed by atoms with E-state index in [0.29, 0.717) is 25.6 Å². The molecule has 0 radical (unpaired) electrons. The molecule has 15 heavy (non-hydrogen) atoms. The first-order chi connectivity index (χ1) is 7.33. The number of alkyl halides is 1. The summed E-state index contributed by atoms with van der Waals surface area (Å²) in [4.78, 5) is 0. The fourth-order valence-corrected chi connectivity index (χ4v) is 2.16. The maximum atomic E-state index is 13.0. The Morgan fingerprint density at radius 1 is 1.07 bits per heavy atom. The molecule has 0 unspecified atom stereocenters. The van der Waals surface area contributed by atoms with Gasteiger partial charge in [0.05, 0.1) is 6.10 Å². The predicted octanol–water partition coefficient (Wildman–Crippen LogP) is 4.25. The van der Waals surface area contributed by atoms with Crippen molar-refractivity contribution in [1.29, 1.82) is 0 Å². The Morgan fingerprint density at radius 3 is 2.67 bits per heavy atom. The summed E-state index contributed by atoms with van der Waals surface area (Å²) >= 11 is 0. The summed E-state index contributed by atoms with van der Waals surface area (Å²) in [5.74, 6) is 0. The average molecular weight is 216 g/mol. The van der Waals surface area contributed by atoms with Gasteiger partial charge in [0.15, 0.2) is 0 Å². The van der Waals surface area contributed by atoms with Crippen LogP contribution in [0, 0.1) is 0 Å². The van der Waals surface area contributed by atoms with Crippen molar-refractivity contribution in [2.75, 3.05) is 6.61 Å². The number of hydrogen-bond acceptors (Lipinski definition) is 1. The molecule has 0 aromatic heterocycles. The maximum Gasteiger partial charge on any atom is 0.102 e. The molecule has 1 aliphatic rings. The molecular formula is C13H25FO. The van der Waals surface area contributed by atoms with Crippen LogP contribution in [-0.2, 0) is 4.74 Å². The van der Waals surface area contributed by atoms with Gasteiger partial charge in [0, 0.05) is 13.0 Å². The number of hydrogen-bond donors (Lipinski definition) is 0. The highest BCUT2D eigenvalue weighted by molar-refractivity contribution is 4.68.